The molecule has 6 heteroatoms. The number of nitrogens with one attached hydrogen (secondary N) is 1. The molecule has 0 unspecified atom stereocenters. The number of hydrogen-bond acceptors (Lipinski definition) is 5. The maximum absolute atomic E-state index is 12.8. The summed E-state index contributed by atoms with van der Waals surface area (Å²) in [6.07, 6.45) is 6.03. The summed E-state index contributed by atoms with van der Waals surface area (Å²) in [7, 11) is 0. The highest BCUT2D eigenvalue weighted by molar-refractivity contribution is 5.83. The van der Waals surface area contributed by atoms with Crippen molar-refractivity contribution >= 4 is 11.9 Å². The molecular weight excluding hydrogens is 338 g/mol. The summed E-state index contributed by atoms with van der Waals surface area (Å²) in [5.41, 5.74) is 1.75. The predicted octanol–water partition coefficient (Wildman–Crippen LogP) is 2.80. The molecule has 138 valence electrons. The Hall–Kier alpha value is -2.94. The minimum atomic E-state index is 0.175. The molecule has 1 amide bonds. The first-order chi connectivity index (χ1) is 13.2. The zero-order valence-electron chi connectivity index (χ0n) is 15.2. The number of piperidine rings is 1. The number of aromatic nitrogens is 2. The van der Waals surface area contributed by atoms with E-state index in [2.05, 4.69) is 27.4 Å². The maximum atomic E-state index is 12.8. The lowest BCUT2D eigenvalue weighted by atomic mass is 9.96. The van der Waals surface area contributed by atoms with Gasteiger partial charge in [0.25, 0.3) is 0 Å². The molecule has 0 bridgehead atoms. The van der Waals surface area contributed by atoms with Gasteiger partial charge in [-0.1, -0.05) is 30.3 Å². The van der Waals surface area contributed by atoms with E-state index in [-0.39, 0.29) is 5.92 Å². The number of nitrogens with zero attached hydrogens (tertiary/aromatic N) is 4. The largest absolute Gasteiger partial charge is 0.354 e. The summed E-state index contributed by atoms with van der Waals surface area (Å²) in [5, 5.41) is 12.0. The van der Waals surface area contributed by atoms with E-state index in [0.29, 0.717) is 29.3 Å². The minimum absolute atomic E-state index is 0.175. The van der Waals surface area contributed by atoms with E-state index in [1.54, 1.807) is 0 Å². The number of anilines is 1. The summed E-state index contributed by atoms with van der Waals surface area (Å²) in [6.45, 7) is 2.46. The number of amides is 1. The Kier molecular flexibility index (Phi) is 5.01. The van der Waals surface area contributed by atoms with Crippen molar-refractivity contribution in [2.75, 3.05) is 25.0 Å². The fourth-order valence-corrected chi connectivity index (χ4v) is 3.84. The number of hydrogen-bond donors (Lipinski definition) is 1. The molecule has 2 heterocycles. The third-order valence-electron chi connectivity index (χ3n) is 5.59. The van der Waals surface area contributed by atoms with E-state index in [0.717, 1.165) is 38.9 Å². The molecule has 0 spiro atoms. The Morgan fingerprint density at radius 1 is 1.19 bits per heavy atom. The van der Waals surface area contributed by atoms with Crippen molar-refractivity contribution in [1.82, 2.24) is 14.9 Å². The second kappa shape index (κ2) is 7.75. The second-order valence-electron chi connectivity index (χ2n) is 7.42. The SMILES string of the molecule is N#Cc1cnc(NCC2CCN(C(=O)[C@@H]3C[C@H]3c3ccccc3)CC2)nc1. The van der Waals surface area contributed by atoms with Crippen LogP contribution in [0.5, 0.6) is 0 Å². The van der Waals surface area contributed by atoms with Crippen LogP contribution in [0, 0.1) is 23.2 Å². The van der Waals surface area contributed by atoms with E-state index < -0.39 is 0 Å². The van der Waals surface area contributed by atoms with Gasteiger partial charge in [-0.2, -0.15) is 5.26 Å². The molecule has 1 aromatic heterocycles. The standard InChI is InChI=1S/C21H23N5O/c22-11-16-13-24-21(25-14-16)23-12-15-6-8-26(9-7-15)20(27)19-10-18(19)17-4-2-1-3-5-17/h1-5,13-15,18-19H,6-10,12H2,(H,23,24,25)/t18-,19+/m0/s1. The van der Waals surface area contributed by atoms with Crippen LogP contribution in [0.3, 0.4) is 0 Å². The van der Waals surface area contributed by atoms with Gasteiger partial charge in [0, 0.05) is 25.6 Å². The topological polar surface area (TPSA) is 81.9 Å². The molecule has 1 aromatic carbocycles. The molecule has 1 N–H and O–H groups in total. The zero-order valence-corrected chi connectivity index (χ0v) is 15.2. The number of carbonyl (C=O) groups is 1. The predicted molar refractivity (Wildman–Crippen MR) is 102 cm³/mol. The summed E-state index contributed by atoms with van der Waals surface area (Å²) < 4.78 is 0. The molecule has 1 aliphatic heterocycles. The number of benzene rings is 1. The molecule has 1 saturated heterocycles. The molecule has 1 saturated carbocycles. The van der Waals surface area contributed by atoms with Gasteiger partial charge in [-0.25, -0.2) is 9.97 Å². The van der Waals surface area contributed by atoms with Crippen LogP contribution in [0.4, 0.5) is 5.95 Å². The van der Waals surface area contributed by atoms with Gasteiger partial charge in [0.1, 0.15) is 6.07 Å². The third kappa shape index (κ3) is 4.08. The first kappa shape index (κ1) is 17.5. The minimum Gasteiger partial charge on any atom is -0.354 e. The highest BCUT2D eigenvalue weighted by Crippen LogP contribution is 2.48. The first-order valence-electron chi connectivity index (χ1n) is 9.54. The highest BCUT2D eigenvalue weighted by atomic mass is 16.2. The van der Waals surface area contributed by atoms with Crippen LogP contribution in [-0.2, 0) is 4.79 Å². The Morgan fingerprint density at radius 3 is 2.56 bits per heavy atom. The highest BCUT2D eigenvalue weighted by Gasteiger charge is 2.45. The van der Waals surface area contributed by atoms with E-state index in [1.807, 2.05) is 29.2 Å². The Morgan fingerprint density at radius 2 is 1.89 bits per heavy atom. The van der Waals surface area contributed by atoms with Gasteiger partial charge in [0.15, 0.2) is 0 Å². The number of likely N-dealkylation sites (tertiary alicyclic amines) is 1. The monoisotopic (exact) mass is 361 g/mol. The molecule has 2 atom stereocenters. The summed E-state index contributed by atoms with van der Waals surface area (Å²) in [4.78, 5) is 23.1. The molecule has 2 fully saturated rings. The van der Waals surface area contributed by atoms with Crippen molar-refractivity contribution in [3.8, 4) is 6.07 Å². The van der Waals surface area contributed by atoms with Crippen LogP contribution in [0.2, 0.25) is 0 Å². The van der Waals surface area contributed by atoms with Crippen molar-refractivity contribution in [2.24, 2.45) is 11.8 Å². The van der Waals surface area contributed by atoms with Crippen molar-refractivity contribution in [3.05, 3.63) is 53.9 Å². The maximum Gasteiger partial charge on any atom is 0.226 e. The number of rotatable bonds is 5. The lowest BCUT2D eigenvalue weighted by Gasteiger charge is -2.32. The smallest absolute Gasteiger partial charge is 0.226 e. The third-order valence-corrected chi connectivity index (χ3v) is 5.59. The molecule has 2 aliphatic rings. The number of nitriles is 1. The van der Waals surface area contributed by atoms with Crippen molar-refractivity contribution in [1.29, 1.82) is 5.26 Å². The van der Waals surface area contributed by atoms with Crippen molar-refractivity contribution in [2.45, 2.75) is 25.2 Å². The molecule has 27 heavy (non-hydrogen) atoms. The average molecular weight is 361 g/mol. The van der Waals surface area contributed by atoms with Crippen molar-refractivity contribution in [3.63, 3.8) is 0 Å². The van der Waals surface area contributed by atoms with Crippen LogP contribution < -0.4 is 5.32 Å². The van der Waals surface area contributed by atoms with Crippen LogP contribution in [-0.4, -0.2) is 40.4 Å². The van der Waals surface area contributed by atoms with E-state index in [1.165, 1.54) is 18.0 Å². The van der Waals surface area contributed by atoms with Crippen LogP contribution in [0.1, 0.15) is 36.3 Å². The van der Waals surface area contributed by atoms with Gasteiger partial charge in [-0.3, -0.25) is 4.79 Å². The van der Waals surface area contributed by atoms with Crippen LogP contribution in [0.25, 0.3) is 0 Å². The Bertz CT molecular complexity index is 822. The van der Waals surface area contributed by atoms with Gasteiger partial charge < -0.3 is 10.2 Å². The fraction of sp³-hybridized carbons (Fsp3) is 0.429. The van der Waals surface area contributed by atoms with E-state index >= 15 is 0 Å². The summed E-state index contributed by atoms with van der Waals surface area (Å²) in [5.74, 6) is 1.97. The molecular formula is C21H23N5O. The quantitative estimate of drug-likeness (QED) is 0.885. The molecule has 6 nitrogen and oxygen atoms in total. The van der Waals surface area contributed by atoms with E-state index in [9.17, 15) is 4.79 Å². The normalized spacial score (nSPS) is 22.1. The molecule has 0 radical (unpaired) electrons. The zero-order chi connectivity index (χ0) is 18.6. The Balaban J connectivity index is 1.22. The fourth-order valence-electron chi connectivity index (χ4n) is 3.84. The van der Waals surface area contributed by atoms with Crippen LogP contribution in [0.15, 0.2) is 42.7 Å². The second-order valence-corrected chi connectivity index (χ2v) is 7.42. The van der Waals surface area contributed by atoms with Gasteiger partial charge >= 0.3 is 0 Å². The summed E-state index contributed by atoms with van der Waals surface area (Å²) in [6, 6.07) is 12.4. The lowest BCUT2D eigenvalue weighted by Crippen LogP contribution is -2.40. The molecule has 2 aromatic rings. The average Bonchev–Trinajstić information content (AvgIpc) is 3.54. The van der Waals surface area contributed by atoms with E-state index in [4.69, 9.17) is 5.26 Å². The molecule has 1 aliphatic carbocycles. The van der Waals surface area contributed by atoms with Crippen molar-refractivity contribution < 1.29 is 4.79 Å². The summed E-state index contributed by atoms with van der Waals surface area (Å²) >= 11 is 0. The lowest BCUT2D eigenvalue weighted by molar-refractivity contribution is -0.134. The van der Waals surface area contributed by atoms with Crippen LogP contribution >= 0.6 is 0 Å². The first-order valence-corrected chi connectivity index (χ1v) is 9.54. The van der Waals surface area contributed by atoms with Gasteiger partial charge in [0.05, 0.1) is 18.0 Å². The van der Waals surface area contributed by atoms with Gasteiger partial charge in [-0.05, 0) is 36.7 Å². The van der Waals surface area contributed by atoms with Gasteiger partial charge in [0.2, 0.25) is 11.9 Å². The Labute approximate surface area is 159 Å². The van der Waals surface area contributed by atoms with Gasteiger partial charge in [-0.15, -0.1) is 0 Å². The molecule has 4 rings (SSSR count). The number of carbonyl (C=O) groups excluding carboxylic acids is 1.